The quantitative estimate of drug-likeness (QED) is 0.634. The second-order valence-electron chi connectivity index (χ2n) is 2.33. The van der Waals surface area contributed by atoms with Crippen molar-refractivity contribution in [2.24, 2.45) is 0 Å². The van der Waals surface area contributed by atoms with Crippen molar-refractivity contribution in [3.8, 4) is 5.75 Å². The Morgan fingerprint density at radius 3 is 2.55 bits per heavy atom. The summed E-state index contributed by atoms with van der Waals surface area (Å²) in [6, 6.07) is 7.23. The van der Waals surface area contributed by atoms with E-state index >= 15 is 0 Å². The lowest BCUT2D eigenvalue weighted by Crippen LogP contribution is -1.96. The fraction of sp³-hybridized carbons (Fsp3) is 0.250. The van der Waals surface area contributed by atoms with Crippen LogP contribution < -0.4 is 4.74 Å². The summed E-state index contributed by atoms with van der Waals surface area (Å²) in [4.78, 5) is 0. The lowest BCUT2D eigenvalue weighted by molar-refractivity contribution is 0.179. The summed E-state index contributed by atoms with van der Waals surface area (Å²) in [5.74, 6) is 0.803. The van der Waals surface area contributed by atoms with Crippen molar-refractivity contribution in [1.29, 1.82) is 0 Å². The van der Waals surface area contributed by atoms with Gasteiger partial charge in [0.2, 0.25) is 6.29 Å². The predicted molar refractivity (Wildman–Crippen MR) is 41.8 cm³/mol. The molecular weight excluding hydrogens is 164 g/mol. The summed E-state index contributed by atoms with van der Waals surface area (Å²) in [5.41, 5.74) is 0. The molecule has 1 unspecified atom stereocenters. The summed E-state index contributed by atoms with van der Waals surface area (Å²) in [6.45, 7) is 0.697. The molecule has 3 heteroatoms. The fourth-order valence-electron chi connectivity index (χ4n) is 0.772. The van der Waals surface area contributed by atoms with Crippen LogP contribution in [0, 0.1) is 0 Å². The molecule has 1 aliphatic rings. The van der Waals surface area contributed by atoms with Crippen molar-refractivity contribution in [2.75, 3.05) is 6.61 Å². The van der Waals surface area contributed by atoms with Crippen LogP contribution in [0.15, 0.2) is 24.3 Å². The Labute approximate surface area is 69.7 Å². The van der Waals surface area contributed by atoms with Gasteiger partial charge in [0.05, 0.1) is 0 Å². The maximum atomic E-state index is 5.68. The maximum Gasteiger partial charge on any atom is 0.223 e. The fourth-order valence-corrected chi connectivity index (χ4v) is 0.898. The molecule has 58 valence electrons. The maximum absolute atomic E-state index is 5.68. The molecule has 0 N–H and O–H groups in total. The van der Waals surface area contributed by atoms with Crippen LogP contribution in [0.25, 0.3) is 0 Å². The second-order valence-corrected chi connectivity index (χ2v) is 2.77. The number of benzene rings is 1. The van der Waals surface area contributed by atoms with Crippen LogP contribution in [-0.4, -0.2) is 12.9 Å². The Bertz CT molecular complexity index is 241. The largest absolute Gasteiger partial charge is 0.462 e. The number of hydrogen-bond donors (Lipinski definition) is 0. The zero-order valence-corrected chi connectivity index (χ0v) is 6.54. The number of hydrogen-bond acceptors (Lipinski definition) is 2. The van der Waals surface area contributed by atoms with Gasteiger partial charge < -0.3 is 9.47 Å². The molecule has 1 atom stereocenters. The Morgan fingerprint density at radius 2 is 2.00 bits per heavy atom. The van der Waals surface area contributed by atoms with Crippen molar-refractivity contribution in [3.63, 3.8) is 0 Å². The highest BCUT2D eigenvalue weighted by Gasteiger charge is 2.24. The van der Waals surface area contributed by atoms with E-state index in [1.54, 1.807) is 12.1 Å². The van der Waals surface area contributed by atoms with Crippen LogP contribution in [0.5, 0.6) is 5.75 Å². The Kier molecular flexibility index (Phi) is 1.72. The molecule has 1 aromatic carbocycles. The summed E-state index contributed by atoms with van der Waals surface area (Å²) < 4.78 is 10.2. The summed E-state index contributed by atoms with van der Waals surface area (Å²) in [5, 5.41) is 0.717. The first-order chi connectivity index (χ1) is 5.34. The van der Waals surface area contributed by atoms with E-state index in [9.17, 15) is 0 Å². The molecule has 2 rings (SSSR count). The first-order valence-electron chi connectivity index (χ1n) is 3.38. The molecule has 0 radical (unpaired) electrons. The van der Waals surface area contributed by atoms with E-state index in [1.807, 2.05) is 12.1 Å². The minimum absolute atomic E-state index is 0.0313. The molecule has 1 aromatic rings. The van der Waals surface area contributed by atoms with Crippen molar-refractivity contribution >= 4 is 11.6 Å². The predicted octanol–water partition coefficient (Wildman–Crippen LogP) is 2.08. The Morgan fingerprint density at radius 1 is 1.36 bits per heavy atom. The minimum Gasteiger partial charge on any atom is -0.462 e. The van der Waals surface area contributed by atoms with Gasteiger partial charge in [0.25, 0.3) is 0 Å². The molecule has 0 saturated carbocycles. The van der Waals surface area contributed by atoms with Gasteiger partial charge in [0.1, 0.15) is 12.4 Å². The summed E-state index contributed by atoms with van der Waals surface area (Å²) >= 11 is 5.68. The Hall–Kier alpha value is -0.730. The van der Waals surface area contributed by atoms with Crippen LogP contribution in [0.1, 0.15) is 0 Å². The van der Waals surface area contributed by atoms with E-state index in [0.29, 0.717) is 11.6 Å². The van der Waals surface area contributed by atoms with E-state index in [1.165, 1.54) is 0 Å². The van der Waals surface area contributed by atoms with Gasteiger partial charge in [0.15, 0.2) is 0 Å². The van der Waals surface area contributed by atoms with Gasteiger partial charge in [-0.15, -0.1) is 0 Å². The van der Waals surface area contributed by atoms with Crippen molar-refractivity contribution < 1.29 is 9.47 Å². The highest BCUT2D eigenvalue weighted by atomic mass is 35.5. The number of halogens is 1. The SMILES string of the molecule is Clc1ccc(OC2CO2)cc1. The van der Waals surface area contributed by atoms with Gasteiger partial charge in [-0.05, 0) is 24.3 Å². The Balaban J connectivity index is 2.06. The van der Waals surface area contributed by atoms with E-state index in [2.05, 4.69) is 0 Å². The first kappa shape index (κ1) is 6.95. The van der Waals surface area contributed by atoms with Crippen molar-refractivity contribution in [3.05, 3.63) is 29.3 Å². The number of ether oxygens (including phenoxy) is 2. The zero-order chi connectivity index (χ0) is 7.68. The third kappa shape index (κ3) is 1.85. The van der Waals surface area contributed by atoms with Crippen molar-refractivity contribution in [1.82, 2.24) is 0 Å². The molecule has 1 aliphatic heterocycles. The molecule has 0 aromatic heterocycles. The zero-order valence-electron chi connectivity index (χ0n) is 5.79. The third-order valence-electron chi connectivity index (χ3n) is 1.38. The smallest absolute Gasteiger partial charge is 0.223 e. The van der Waals surface area contributed by atoms with Gasteiger partial charge in [-0.2, -0.15) is 0 Å². The minimum atomic E-state index is -0.0313. The van der Waals surface area contributed by atoms with Crippen LogP contribution in [0.3, 0.4) is 0 Å². The topological polar surface area (TPSA) is 21.8 Å². The lowest BCUT2D eigenvalue weighted by atomic mass is 10.3. The molecular formula is C8H7ClO2. The third-order valence-corrected chi connectivity index (χ3v) is 1.64. The molecule has 0 amide bonds. The van der Waals surface area contributed by atoms with Gasteiger partial charge in [0, 0.05) is 5.02 Å². The summed E-state index contributed by atoms with van der Waals surface area (Å²) in [7, 11) is 0. The highest BCUT2D eigenvalue weighted by Crippen LogP contribution is 2.20. The normalized spacial score (nSPS) is 21.4. The average molecular weight is 171 g/mol. The molecule has 2 nitrogen and oxygen atoms in total. The van der Waals surface area contributed by atoms with Gasteiger partial charge >= 0.3 is 0 Å². The second kappa shape index (κ2) is 2.72. The van der Waals surface area contributed by atoms with E-state index < -0.39 is 0 Å². The van der Waals surface area contributed by atoms with Crippen LogP contribution >= 0.6 is 11.6 Å². The molecule has 1 heterocycles. The highest BCUT2D eigenvalue weighted by molar-refractivity contribution is 6.30. The van der Waals surface area contributed by atoms with Gasteiger partial charge in [-0.25, -0.2) is 0 Å². The molecule has 0 spiro atoms. The van der Waals surface area contributed by atoms with Gasteiger partial charge in [-0.3, -0.25) is 0 Å². The molecule has 1 fully saturated rings. The molecule has 11 heavy (non-hydrogen) atoms. The molecule has 0 aliphatic carbocycles. The molecule has 0 bridgehead atoms. The average Bonchev–Trinajstić information content (AvgIpc) is 2.78. The van der Waals surface area contributed by atoms with Crippen LogP contribution in [0.2, 0.25) is 5.02 Å². The monoisotopic (exact) mass is 170 g/mol. The van der Waals surface area contributed by atoms with Crippen molar-refractivity contribution in [2.45, 2.75) is 6.29 Å². The van der Waals surface area contributed by atoms with Crippen LogP contribution in [-0.2, 0) is 4.74 Å². The van der Waals surface area contributed by atoms with Crippen LogP contribution in [0.4, 0.5) is 0 Å². The summed E-state index contributed by atoms with van der Waals surface area (Å²) in [6.07, 6.45) is -0.0313. The van der Waals surface area contributed by atoms with E-state index in [0.717, 1.165) is 5.75 Å². The first-order valence-corrected chi connectivity index (χ1v) is 3.76. The standard InChI is InChI=1S/C8H7ClO2/c9-6-1-3-7(4-2-6)11-8-5-10-8/h1-4,8H,5H2. The lowest BCUT2D eigenvalue weighted by Gasteiger charge is -2.00. The molecule has 1 saturated heterocycles. The van der Waals surface area contributed by atoms with E-state index in [4.69, 9.17) is 21.1 Å². The van der Waals surface area contributed by atoms with Gasteiger partial charge in [-0.1, -0.05) is 11.6 Å². The number of epoxide rings is 1. The van der Waals surface area contributed by atoms with E-state index in [-0.39, 0.29) is 6.29 Å². The number of rotatable bonds is 2.